The molecule has 4 heteroatoms. The SMILES string of the molecule is COc1cc(C#N)ccc1OCc1cccc(O)c1. The lowest BCUT2D eigenvalue weighted by Crippen LogP contribution is -1.97. The van der Waals surface area contributed by atoms with Gasteiger partial charge >= 0.3 is 0 Å². The van der Waals surface area contributed by atoms with E-state index in [1.807, 2.05) is 12.1 Å². The molecule has 0 radical (unpaired) electrons. The summed E-state index contributed by atoms with van der Waals surface area (Å²) in [5.41, 5.74) is 1.37. The van der Waals surface area contributed by atoms with Gasteiger partial charge in [0.15, 0.2) is 11.5 Å². The highest BCUT2D eigenvalue weighted by atomic mass is 16.5. The van der Waals surface area contributed by atoms with Crippen molar-refractivity contribution in [3.63, 3.8) is 0 Å². The molecular weight excluding hydrogens is 242 g/mol. The molecule has 0 aliphatic rings. The molecule has 19 heavy (non-hydrogen) atoms. The smallest absolute Gasteiger partial charge is 0.162 e. The van der Waals surface area contributed by atoms with Crippen molar-refractivity contribution in [2.45, 2.75) is 6.61 Å². The Kier molecular flexibility index (Phi) is 3.89. The number of ether oxygens (including phenoxy) is 2. The highest BCUT2D eigenvalue weighted by Gasteiger charge is 2.06. The van der Waals surface area contributed by atoms with E-state index >= 15 is 0 Å². The molecule has 0 spiro atoms. The number of nitriles is 1. The molecule has 0 atom stereocenters. The average Bonchev–Trinajstić information content (AvgIpc) is 2.45. The van der Waals surface area contributed by atoms with Gasteiger partial charge in [-0.25, -0.2) is 0 Å². The number of methoxy groups -OCH3 is 1. The molecule has 0 fully saturated rings. The van der Waals surface area contributed by atoms with E-state index < -0.39 is 0 Å². The summed E-state index contributed by atoms with van der Waals surface area (Å²) < 4.78 is 10.8. The lowest BCUT2D eigenvalue weighted by molar-refractivity contribution is 0.284. The molecule has 0 aliphatic heterocycles. The number of benzene rings is 2. The Bertz CT molecular complexity index is 617. The minimum atomic E-state index is 0.202. The Labute approximate surface area is 111 Å². The van der Waals surface area contributed by atoms with Crippen LogP contribution in [0.5, 0.6) is 17.2 Å². The van der Waals surface area contributed by atoms with Crippen LogP contribution in [0.3, 0.4) is 0 Å². The molecule has 2 aromatic carbocycles. The number of hydrogen-bond donors (Lipinski definition) is 1. The minimum absolute atomic E-state index is 0.202. The molecule has 0 heterocycles. The molecule has 0 bridgehead atoms. The van der Waals surface area contributed by atoms with E-state index in [0.29, 0.717) is 23.7 Å². The van der Waals surface area contributed by atoms with Gasteiger partial charge in [-0.2, -0.15) is 5.26 Å². The average molecular weight is 255 g/mol. The topological polar surface area (TPSA) is 62.5 Å². The van der Waals surface area contributed by atoms with Crippen LogP contribution in [0.1, 0.15) is 11.1 Å². The maximum absolute atomic E-state index is 9.36. The maximum atomic E-state index is 9.36. The van der Waals surface area contributed by atoms with Gasteiger partial charge in [-0.3, -0.25) is 0 Å². The first-order valence-electron chi connectivity index (χ1n) is 5.72. The van der Waals surface area contributed by atoms with Crippen LogP contribution in [-0.2, 0) is 6.61 Å². The molecule has 4 nitrogen and oxygen atoms in total. The molecule has 0 amide bonds. The Morgan fingerprint density at radius 2 is 2.00 bits per heavy atom. The lowest BCUT2D eigenvalue weighted by Gasteiger charge is -2.11. The summed E-state index contributed by atoms with van der Waals surface area (Å²) in [6.45, 7) is 0.316. The van der Waals surface area contributed by atoms with Crippen LogP contribution in [0.2, 0.25) is 0 Å². The number of hydrogen-bond acceptors (Lipinski definition) is 4. The molecule has 0 unspecified atom stereocenters. The summed E-state index contributed by atoms with van der Waals surface area (Å²) in [7, 11) is 1.53. The molecule has 2 rings (SSSR count). The van der Waals surface area contributed by atoms with Gasteiger partial charge in [-0.05, 0) is 29.8 Å². The number of phenols is 1. The van der Waals surface area contributed by atoms with Crippen molar-refractivity contribution in [3.8, 4) is 23.3 Å². The summed E-state index contributed by atoms with van der Waals surface area (Å²) in [5, 5.41) is 18.2. The van der Waals surface area contributed by atoms with Crippen LogP contribution >= 0.6 is 0 Å². The van der Waals surface area contributed by atoms with Crippen molar-refractivity contribution in [1.29, 1.82) is 5.26 Å². The first kappa shape index (κ1) is 12.8. The summed E-state index contributed by atoms with van der Waals surface area (Å²) in [6, 6.07) is 13.9. The fraction of sp³-hybridized carbons (Fsp3) is 0.133. The second-order valence-corrected chi connectivity index (χ2v) is 3.94. The van der Waals surface area contributed by atoms with Gasteiger partial charge < -0.3 is 14.6 Å². The Morgan fingerprint density at radius 3 is 2.68 bits per heavy atom. The van der Waals surface area contributed by atoms with E-state index in [1.165, 1.54) is 7.11 Å². The molecule has 0 saturated heterocycles. The van der Waals surface area contributed by atoms with Crippen molar-refractivity contribution in [1.82, 2.24) is 0 Å². The predicted octanol–water partition coefficient (Wildman–Crippen LogP) is 2.85. The molecular formula is C15H13NO3. The van der Waals surface area contributed by atoms with Gasteiger partial charge in [0.05, 0.1) is 18.7 Å². The van der Waals surface area contributed by atoms with Crippen molar-refractivity contribution < 1.29 is 14.6 Å². The zero-order valence-corrected chi connectivity index (χ0v) is 10.5. The van der Waals surface area contributed by atoms with Gasteiger partial charge in [0, 0.05) is 6.07 Å². The predicted molar refractivity (Wildman–Crippen MR) is 70.1 cm³/mol. The largest absolute Gasteiger partial charge is 0.508 e. The number of phenolic OH excluding ortho intramolecular Hbond substituents is 1. The van der Waals surface area contributed by atoms with E-state index in [0.717, 1.165) is 5.56 Å². The highest BCUT2D eigenvalue weighted by molar-refractivity contribution is 5.46. The molecule has 0 aromatic heterocycles. The third-order valence-electron chi connectivity index (χ3n) is 2.60. The highest BCUT2D eigenvalue weighted by Crippen LogP contribution is 2.28. The summed E-state index contributed by atoms with van der Waals surface area (Å²) in [4.78, 5) is 0. The molecule has 96 valence electrons. The van der Waals surface area contributed by atoms with Crippen LogP contribution in [0.25, 0.3) is 0 Å². The van der Waals surface area contributed by atoms with Crippen LogP contribution in [0.15, 0.2) is 42.5 Å². The quantitative estimate of drug-likeness (QED) is 0.912. The van der Waals surface area contributed by atoms with Crippen molar-refractivity contribution in [2.24, 2.45) is 0 Å². The number of aromatic hydroxyl groups is 1. The van der Waals surface area contributed by atoms with E-state index in [4.69, 9.17) is 14.7 Å². The van der Waals surface area contributed by atoms with Crippen LogP contribution in [-0.4, -0.2) is 12.2 Å². The number of nitrogens with zero attached hydrogens (tertiary/aromatic N) is 1. The van der Waals surface area contributed by atoms with E-state index in [-0.39, 0.29) is 5.75 Å². The van der Waals surface area contributed by atoms with Gasteiger partial charge in [0.2, 0.25) is 0 Å². The fourth-order valence-electron chi connectivity index (χ4n) is 1.66. The van der Waals surface area contributed by atoms with E-state index in [2.05, 4.69) is 0 Å². The van der Waals surface area contributed by atoms with Gasteiger partial charge in [0.25, 0.3) is 0 Å². The van der Waals surface area contributed by atoms with Crippen molar-refractivity contribution in [3.05, 3.63) is 53.6 Å². The third-order valence-corrected chi connectivity index (χ3v) is 2.60. The summed E-state index contributed by atoms with van der Waals surface area (Å²) in [6.07, 6.45) is 0. The monoisotopic (exact) mass is 255 g/mol. The summed E-state index contributed by atoms with van der Waals surface area (Å²) in [5.74, 6) is 1.27. The standard InChI is InChI=1S/C15H13NO3/c1-18-15-8-11(9-16)5-6-14(15)19-10-12-3-2-4-13(17)7-12/h2-8,17H,10H2,1H3. The fourth-order valence-corrected chi connectivity index (χ4v) is 1.66. The zero-order valence-electron chi connectivity index (χ0n) is 10.5. The van der Waals surface area contributed by atoms with Gasteiger partial charge in [-0.15, -0.1) is 0 Å². The van der Waals surface area contributed by atoms with Gasteiger partial charge in [0.1, 0.15) is 12.4 Å². The van der Waals surface area contributed by atoms with Gasteiger partial charge in [-0.1, -0.05) is 12.1 Å². The third kappa shape index (κ3) is 3.17. The molecule has 0 aliphatic carbocycles. The zero-order chi connectivity index (χ0) is 13.7. The Balaban J connectivity index is 2.13. The normalized spacial score (nSPS) is 9.68. The van der Waals surface area contributed by atoms with Crippen molar-refractivity contribution >= 4 is 0 Å². The first-order valence-corrected chi connectivity index (χ1v) is 5.72. The summed E-state index contributed by atoms with van der Waals surface area (Å²) >= 11 is 0. The van der Waals surface area contributed by atoms with Crippen molar-refractivity contribution in [2.75, 3.05) is 7.11 Å². The second-order valence-electron chi connectivity index (χ2n) is 3.94. The minimum Gasteiger partial charge on any atom is -0.508 e. The molecule has 2 aromatic rings. The molecule has 0 saturated carbocycles. The Hall–Kier alpha value is -2.67. The lowest BCUT2D eigenvalue weighted by atomic mass is 10.2. The Morgan fingerprint density at radius 1 is 1.16 bits per heavy atom. The molecule has 1 N–H and O–H groups in total. The van der Waals surface area contributed by atoms with Crippen LogP contribution < -0.4 is 9.47 Å². The van der Waals surface area contributed by atoms with E-state index in [1.54, 1.807) is 36.4 Å². The van der Waals surface area contributed by atoms with Crippen LogP contribution in [0, 0.1) is 11.3 Å². The second kappa shape index (κ2) is 5.78. The van der Waals surface area contributed by atoms with Crippen LogP contribution in [0.4, 0.5) is 0 Å². The first-order chi connectivity index (χ1) is 9.22. The maximum Gasteiger partial charge on any atom is 0.162 e. The van der Waals surface area contributed by atoms with E-state index in [9.17, 15) is 5.11 Å². The number of rotatable bonds is 4.